The van der Waals surface area contributed by atoms with Crippen LogP contribution in [-0.2, 0) is 0 Å². The maximum Gasteiger partial charge on any atom is 0.348 e. The van der Waals surface area contributed by atoms with Gasteiger partial charge in [0.1, 0.15) is 4.88 Å². The summed E-state index contributed by atoms with van der Waals surface area (Å²) in [5, 5.41) is 14.3. The van der Waals surface area contributed by atoms with Crippen molar-refractivity contribution in [2.24, 2.45) is 0 Å². The van der Waals surface area contributed by atoms with Gasteiger partial charge in [-0.2, -0.15) is 0 Å². The van der Waals surface area contributed by atoms with Gasteiger partial charge in [0.25, 0.3) is 0 Å². The summed E-state index contributed by atoms with van der Waals surface area (Å²) >= 11 is 7.22. The summed E-state index contributed by atoms with van der Waals surface area (Å²) in [6.45, 7) is 1.95. The van der Waals surface area contributed by atoms with E-state index >= 15 is 0 Å². The van der Waals surface area contributed by atoms with Gasteiger partial charge in [0, 0.05) is 0 Å². The van der Waals surface area contributed by atoms with Gasteiger partial charge in [-0.05, 0) is 36.1 Å². The number of hydrogen-bond acceptors (Lipinski definition) is 3. The number of rotatable bonds is 3. The molecule has 0 aliphatic rings. The number of aromatic carboxylic acids is 1. The molecule has 0 bridgehead atoms. The van der Waals surface area contributed by atoms with E-state index in [1.54, 1.807) is 17.5 Å². The third-order valence-corrected chi connectivity index (χ3v) is 3.48. The zero-order chi connectivity index (χ0) is 12.4. The monoisotopic (exact) mass is 267 g/mol. The lowest BCUT2D eigenvalue weighted by Gasteiger charge is -2.08. The maximum atomic E-state index is 11.0. The summed E-state index contributed by atoms with van der Waals surface area (Å²) in [7, 11) is 0. The van der Waals surface area contributed by atoms with Crippen molar-refractivity contribution in [2.75, 3.05) is 5.32 Å². The van der Waals surface area contributed by atoms with Crippen molar-refractivity contribution in [3.8, 4) is 0 Å². The number of halogens is 1. The molecule has 0 aliphatic carbocycles. The van der Waals surface area contributed by atoms with Crippen LogP contribution in [0, 0.1) is 6.92 Å². The Morgan fingerprint density at radius 3 is 2.82 bits per heavy atom. The van der Waals surface area contributed by atoms with E-state index in [1.807, 2.05) is 19.1 Å². The minimum absolute atomic E-state index is 0.280. The van der Waals surface area contributed by atoms with Gasteiger partial charge in [0.05, 0.1) is 16.4 Å². The number of carboxylic acids is 1. The van der Waals surface area contributed by atoms with E-state index in [9.17, 15) is 4.79 Å². The molecule has 1 aromatic heterocycles. The number of anilines is 2. The van der Waals surface area contributed by atoms with Crippen LogP contribution in [0.15, 0.2) is 29.6 Å². The van der Waals surface area contributed by atoms with Gasteiger partial charge < -0.3 is 10.4 Å². The van der Waals surface area contributed by atoms with E-state index in [0.29, 0.717) is 16.4 Å². The van der Waals surface area contributed by atoms with E-state index in [1.165, 1.54) is 11.3 Å². The SMILES string of the molecule is Cc1ccc(Cl)c(Nc2ccsc2C(=O)O)c1. The molecule has 2 rings (SSSR count). The predicted molar refractivity (Wildman–Crippen MR) is 70.8 cm³/mol. The molecule has 5 heteroatoms. The average Bonchev–Trinajstić information content (AvgIpc) is 2.71. The molecule has 17 heavy (non-hydrogen) atoms. The second kappa shape index (κ2) is 4.77. The topological polar surface area (TPSA) is 49.3 Å². The number of benzene rings is 1. The molecule has 0 radical (unpaired) electrons. The summed E-state index contributed by atoms with van der Waals surface area (Å²) in [5.74, 6) is -0.939. The molecule has 0 saturated carbocycles. The summed E-state index contributed by atoms with van der Waals surface area (Å²) in [5.41, 5.74) is 2.34. The number of hydrogen-bond donors (Lipinski definition) is 2. The predicted octanol–water partition coefficient (Wildman–Crippen LogP) is 4.15. The molecule has 1 aromatic carbocycles. The molecule has 0 amide bonds. The van der Waals surface area contributed by atoms with Crippen molar-refractivity contribution in [3.05, 3.63) is 45.1 Å². The molecule has 1 heterocycles. The van der Waals surface area contributed by atoms with Crippen LogP contribution in [0.4, 0.5) is 11.4 Å². The maximum absolute atomic E-state index is 11.0. The largest absolute Gasteiger partial charge is 0.477 e. The van der Waals surface area contributed by atoms with Gasteiger partial charge in [0.15, 0.2) is 0 Å². The van der Waals surface area contributed by atoms with Crippen molar-refractivity contribution < 1.29 is 9.90 Å². The molecule has 0 atom stereocenters. The van der Waals surface area contributed by atoms with Crippen LogP contribution in [-0.4, -0.2) is 11.1 Å². The van der Waals surface area contributed by atoms with Gasteiger partial charge in [-0.15, -0.1) is 11.3 Å². The zero-order valence-corrected chi connectivity index (χ0v) is 10.6. The first kappa shape index (κ1) is 12.0. The Morgan fingerprint density at radius 2 is 2.12 bits per heavy atom. The highest BCUT2D eigenvalue weighted by Gasteiger charge is 2.12. The average molecular weight is 268 g/mol. The lowest BCUT2D eigenvalue weighted by Crippen LogP contribution is -1.99. The van der Waals surface area contributed by atoms with Gasteiger partial charge in [-0.25, -0.2) is 4.79 Å². The molecule has 0 fully saturated rings. The zero-order valence-electron chi connectivity index (χ0n) is 9.03. The van der Waals surface area contributed by atoms with E-state index in [-0.39, 0.29) is 4.88 Å². The van der Waals surface area contributed by atoms with Crippen molar-refractivity contribution in [2.45, 2.75) is 6.92 Å². The number of nitrogens with one attached hydrogen (secondary N) is 1. The Balaban J connectivity index is 2.34. The highest BCUT2D eigenvalue weighted by atomic mass is 35.5. The molecule has 88 valence electrons. The summed E-state index contributed by atoms with van der Waals surface area (Å²) in [4.78, 5) is 11.2. The van der Waals surface area contributed by atoms with Crippen LogP contribution in [0.3, 0.4) is 0 Å². The Bertz CT molecular complexity index is 565. The fourth-order valence-electron chi connectivity index (χ4n) is 1.45. The van der Waals surface area contributed by atoms with Crippen LogP contribution in [0.25, 0.3) is 0 Å². The lowest BCUT2D eigenvalue weighted by molar-refractivity contribution is 0.0703. The number of carbonyl (C=O) groups is 1. The molecule has 3 nitrogen and oxygen atoms in total. The van der Waals surface area contributed by atoms with Crippen molar-refractivity contribution in [3.63, 3.8) is 0 Å². The minimum Gasteiger partial charge on any atom is -0.477 e. The van der Waals surface area contributed by atoms with Crippen LogP contribution >= 0.6 is 22.9 Å². The standard InChI is InChI=1S/C12H10ClNO2S/c1-7-2-3-8(13)10(6-7)14-9-4-5-17-11(9)12(15)16/h2-6,14H,1H3,(H,15,16). The van der Waals surface area contributed by atoms with Crippen LogP contribution in [0.1, 0.15) is 15.2 Å². The quantitative estimate of drug-likeness (QED) is 0.878. The molecular weight excluding hydrogens is 258 g/mol. The molecule has 2 aromatic rings. The van der Waals surface area contributed by atoms with Gasteiger partial charge in [-0.1, -0.05) is 17.7 Å². The molecule has 0 unspecified atom stereocenters. The van der Waals surface area contributed by atoms with Crippen molar-refractivity contribution >= 4 is 40.3 Å². The lowest BCUT2D eigenvalue weighted by atomic mass is 10.2. The molecular formula is C12H10ClNO2S. The summed E-state index contributed by atoms with van der Waals surface area (Å²) in [6, 6.07) is 7.30. The van der Waals surface area contributed by atoms with Crippen molar-refractivity contribution in [1.29, 1.82) is 0 Å². The van der Waals surface area contributed by atoms with Gasteiger partial charge in [0.2, 0.25) is 0 Å². The normalized spacial score (nSPS) is 10.2. The highest BCUT2D eigenvalue weighted by Crippen LogP contribution is 2.30. The van der Waals surface area contributed by atoms with Gasteiger partial charge in [-0.3, -0.25) is 0 Å². The summed E-state index contributed by atoms with van der Waals surface area (Å²) in [6.07, 6.45) is 0. The highest BCUT2D eigenvalue weighted by molar-refractivity contribution is 7.12. The minimum atomic E-state index is -0.939. The first-order valence-corrected chi connectivity index (χ1v) is 6.17. The Kier molecular flexibility index (Phi) is 3.36. The van der Waals surface area contributed by atoms with E-state index in [4.69, 9.17) is 16.7 Å². The Hall–Kier alpha value is -1.52. The Labute approximate surface area is 108 Å². The first-order chi connectivity index (χ1) is 8.08. The van der Waals surface area contributed by atoms with Crippen LogP contribution < -0.4 is 5.32 Å². The van der Waals surface area contributed by atoms with Crippen LogP contribution in [0.5, 0.6) is 0 Å². The third-order valence-electron chi connectivity index (χ3n) is 2.25. The number of aryl methyl sites for hydroxylation is 1. The Morgan fingerprint density at radius 1 is 1.35 bits per heavy atom. The number of carboxylic acid groups (broad SMARTS) is 1. The van der Waals surface area contributed by atoms with Crippen LogP contribution in [0.2, 0.25) is 5.02 Å². The molecule has 0 saturated heterocycles. The smallest absolute Gasteiger partial charge is 0.348 e. The first-order valence-electron chi connectivity index (χ1n) is 4.92. The van der Waals surface area contributed by atoms with E-state index in [0.717, 1.165) is 5.56 Å². The second-order valence-corrected chi connectivity index (χ2v) is 4.90. The molecule has 2 N–H and O–H groups in total. The second-order valence-electron chi connectivity index (χ2n) is 3.58. The fourth-order valence-corrected chi connectivity index (χ4v) is 2.31. The van der Waals surface area contributed by atoms with E-state index < -0.39 is 5.97 Å². The molecule has 0 aliphatic heterocycles. The number of thiophene rings is 1. The third kappa shape index (κ3) is 2.60. The van der Waals surface area contributed by atoms with Crippen molar-refractivity contribution in [1.82, 2.24) is 0 Å². The van der Waals surface area contributed by atoms with E-state index in [2.05, 4.69) is 5.32 Å². The van der Waals surface area contributed by atoms with Gasteiger partial charge >= 0.3 is 5.97 Å². The summed E-state index contributed by atoms with van der Waals surface area (Å²) < 4.78 is 0. The molecule has 0 spiro atoms. The fraction of sp³-hybridized carbons (Fsp3) is 0.0833.